The van der Waals surface area contributed by atoms with Gasteiger partial charge in [0, 0.05) is 12.1 Å². The average molecular weight is 500 g/mol. The Hall–Kier alpha value is -4.17. The standard InChI is InChI=1S/C21H14BrN3O7/c1-3-7-32-18-16(22)9-12(10-17(18)31-2)8-15-19(26)23-21(28)24(20(15)27)13-5-4-6-14(11-13)25(29)30/h1,4-6,8-11H,7H2,2H3,(H,23,26,28)/b15-8-. The minimum atomic E-state index is -1.02. The minimum absolute atomic E-state index is 0.00340. The van der Waals surface area contributed by atoms with Crippen molar-refractivity contribution >= 4 is 51.2 Å². The average Bonchev–Trinajstić information content (AvgIpc) is 2.75. The third-order valence-corrected chi connectivity index (χ3v) is 4.85. The van der Waals surface area contributed by atoms with Gasteiger partial charge in [0.25, 0.3) is 17.5 Å². The minimum Gasteiger partial charge on any atom is -0.493 e. The van der Waals surface area contributed by atoms with Crippen LogP contribution in [0.3, 0.4) is 0 Å². The third-order valence-electron chi connectivity index (χ3n) is 4.26. The van der Waals surface area contributed by atoms with Crippen molar-refractivity contribution in [2.75, 3.05) is 18.6 Å². The molecule has 32 heavy (non-hydrogen) atoms. The van der Waals surface area contributed by atoms with E-state index in [1.807, 2.05) is 0 Å². The molecule has 0 spiro atoms. The lowest BCUT2D eigenvalue weighted by Gasteiger charge is -2.26. The number of halogens is 1. The number of carbonyl (C=O) groups excluding carboxylic acids is 3. The first-order valence-electron chi connectivity index (χ1n) is 8.86. The van der Waals surface area contributed by atoms with E-state index >= 15 is 0 Å². The van der Waals surface area contributed by atoms with Crippen LogP contribution in [-0.2, 0) is 9.59 Å². The molecular formula is C21H14BrN3O7. The lowest BCUT2D eigenvalue weighted by Crippen LogP contribution is -2.54. The number of nitrogens with one attached hydrogen (secondary N) is 1. The lowest BCUT2D eigenvalue weighted by atomic mass is 10.1. The number of anilines is 1. The van der Waals surface area contributed by atoms with Gasteiger partial charge in [-0.2, -0.15) is 0 Å². The van der Waals surface area contributed by atoms with Crippen LogP contribution in [0.25, 0.3) is 6.08 Å². The maximum atomic E-state index is 13.0. The Morgan fingerprint density at radius 2 is 2.03 bits per heavy atom. The van der Waals surface area contributed by atoms with E-state index in [9.17, 15) is 24.5 Å². The van der Waals surface area contributed by atoms with Crippen LogP contribution in [0.5, 0.6) is 11.5 Å². The van der Waals surface area contributed by atoms with E-state index in [-0.39, 0.29) is 29.3 Å². The molecule has 0 bridgehead atoms. The first-order chi connectivity index (χ1) is 15.3. The molecule has 0 saturated carbocycles. The molecule has 1 heterocycles. The Kier molecular flexibility index (Phi) is 6.56. The first kappa shape index (κ1) is 22.5. The number of amides is 4. The van der Waals surface area contributed by atoms with Crippen LogP contribution >= 0.6 is 15.9 Å². The number of ether oxygens (including phenoxy) is 2. The SMILES string of the molecule is C#CCOc1c(Br)cc(/C=C2/C(=O)NC(=O)N(c3cccc([N+](=O)[O-])c3)C2=O)cc1OC. The van der Waals surface area contributed by atoms with Gasteiger partial charge in [0.2, 0.25) is 0 Å². The number of benzene rings is 2. The first-order valence-corrected chi connectivity index (χ1v) is 9.65. The smallest absolute Gasteiger partial charge is 0.335 e. The zero-order chi connectivity index (χ0) is 23.4. The number of nitro groups is 1. The zero-order valence-electron chi connectivity index (χ0n) is 16.5. The van der Waals surface area contributed by atoms with Gasteiger partial charge in [-0.25, -0.2) is 9.69 Å². The predicted molar refractivity (Wildman–Crippen MR) is 117 cm³/mol. The van der Waals surface area contributed by atoms with Crippen LogP contribution in [0.2, 0.25) is 0 Å². The number of methoxy groups -OCH3 is 1. The summed E-state index contributed by atoms with van der Waals surface area (Å²) in [7, 11) is 1.41. The summed E-state index contributed by atoms with van der Waals surface area (Å²) in [6.07, 6.45) is 6.46. The summed E-state index contributed by atoms with van der Waals surface area (Å²) in [4.78, 5) is 48.7. The van der Waals surface area contributed by atoms with Gasteiger partial charge < -0.3 is 9.47 Å². The Morgan fingerprint density at radius 1 is 1.28 bits per heavy atom. The number of hydrogen-bond donors (Lipinski definition) is 1. The van der Waals surface area contributed by atoms with E-state index in [2.05, 4.69) is 27.2 Å². The quantitative estimate of drug-likeness (QED) is 0.212. The van der Waals surface area contributed by atoms with Crippen LogP contribution in [0.4, 0.5) is 16.2 Å². The molecular weight excluding hydrogens is 486 g/mol. The molecule has 1 fully saturated rings. The molecule has 1 aliphatic heterocycles. The van der Waals surface area contributed by atoms with Gasteiger partial charge in [-0.05, 0) is 45.8 Å². The van der Waals surface area contributed by atoms with Gasteiger partial charge in [0.05, 0.1) is 22.2 Å². The molecule has 0 aliphatic carbocycles. The number of urea groups is 1. The van der Waals surface area contributed by atoms with Gasteiger partial charge in [-0.3, -0.25) is 25.0 Å². The van der Waals surface area contributed by atoms with E-state index in [1.165, 1.54) is 37.5 Å². The van der Waals surface area contributed by atoms with Crippen molar-refractivity contribution in [2.45, 2.75) is 0 Å². The van der Waals surface area contributed by atoms with Crippen molar-refractivity contribution < 1.29 is 28.8 Å². The predicted octanol–water partition coefficient (Wildman–Crippen LogP) is 3.04. The topological polar surface area (TPSA) is 128 Å². The van der Waals surface area contributed by atoms with Crippen molar-refractivity contribution in [3.8, 4) is 23.8 Å². The molecule has 0 atom stereocenters. The summed E-state index contributed by atoms with van der Waals surface area (Å²) >= 11 is 3.33. The second-order valence-electron chi connectivity index (χ2n) is 6.26. The summed E-state index contributed by atoms with van der Waals surface area (Å²) in [6.45, 7) is -0.00340. The van der Waals surface area contributed by atoms with Gasteiger partial charge in [-0.1, -0.05) is 12.0 Å². The number of rotatable bonds is 6. The number of barbiturate groups is 1. The van der Waals surface area contributed by atoms with E-state index in [1.54, 1.807) is 6.07 Å². The summed E-state index contributed by atoms with van der Waals surface area (Å²) in [6, 6.07) is 7.00. The normalized spacial score (nSPS) is 14.7. The number of non-ortho nitro benzene ring substituents is 1. The van der Waals surface area contributed by atoms with Crippen molar-refractivity contribution in [1.82, 2.24) is 5.32 Å². The van der Waals surface area contributed by atoms with Crippen LogP contribution < -0.4 is 19.7 Å². The molecule has 162 valence electrons. The maximum Gasteiger partial charge on any atom is 0.335 e. The fourth-order valence-corrected chi connectivity index (χ4v) is 3.46. The second-order valence-corrected chi connectivity index (χ2v) is 7.12. The van der Waals surface area contributed by atoms with Gasteiger partial charge >= 0.3 is 6.03 Å². The van der Waals surface area contributed by atoms with Gasteiger partial charge in [0.15, 0.2) is 11.5 Å². The number of terminal acetylenes is 1. The Bertz CT molecular complexity index is 1220. The highest BCUT2D eigenvalue weighted by Crippen LogP contribution is 2.37. The monoisotopic (exact) mass is 499 g/mol. The number of nitrogens with zero attached hydrogens (tertiary/aromatic N) is 2. The van der Waals surface area contributed by atoms with Crippen molar-refractivity contribution in [3.05, 3.63) is 62.1 Å². The highest BCUT2D eigenvalue weighted by atomic mass is 79.9. The van der Waals surface area contributed by atoms with E-state index in [4.69, 9.17) is 15.9 Å². The zero-order valence-corrected chi connectivity index (χ0v) is 18.0. The van der Waals surface area contributed by atoms with Crippen molar-refractivity contribution in [1.29, 1.82) is 0 Å². The van der Waals surface area contributed by atoms with Crippen molar-refractivity contribution in [2.24, 2.45) is 0 Å². The van der Waals surface area contributed by atoms with Crippen LogP contribution in [0.15, 0.2) is 46.4 Å². The fraction of sp³-hybridized carbons (Fsp3) is 0.0952. The van der Waals surface area contributed by atoms with Crippen LogP contribution in [0, 0.1) is 22.5 Å². The molecule has 1 aliphatic rings. The molecule has 0 unspecified atom stereocenters. The Balaban J connectivity index is 2.03. The largest absolute Gasteiger partial charge is 0.493 e. The number of hydrogen-bond acceptors (Lipinski definition) is 7. The van der Waals surface area contributed by atoms with E-state index < -0.39 is 22.8 Å². The van der Waals surface area contributed by atoms with Crippen LogP contribution in [-0.4, -0.2) is 36.5 Å². The highest BCUT2D eigenvalue weighted by molar-refractivity contribution is 9.10. The molecule has 0 aromatic heterocycles. The van der Waals surface area contributed by atoms with Crippen LogP contribution in [0.1, 0.15) is 5.56 Å². The number of carbonyl (C=O) groups is 3. The molecule has 2 aromatic carbocycles. The van der Waals surface area contributed by atoms with E-state index in [0.717, 1.165) is 6.07 Å². The number of imide groups is 2. The molecule has 1 saturated heterocycles. The second kappa shape index (κ2) is 9.32. The lowest BCUT2D eigenvalue weighted by molar-refractivity contribution is -0.384. The molecule has 11 heteroatoms. The Morgan fingerprint density at radius 3 is 2.69 bits per heavy atom. The summed E-state index contributed by atoms with van der Waals surface area (Å²) in [5, 5.41) is 13.1. The fourth-order valence-electron chi connectivity index (χ4n) is 2.88. The molecule has 3 rings (SSSR count). The molecule has 2 aromatic rings. The maximum absolute atomic E-state index is 13.0. The van der Waals surface area contributed by atoms with Gasteiger partial charge in [0.1, 0.15) is 12.2 Å². The Labute approximate surface area is 190 Å². The van der Waals surface area contributed by atoms with Gasteiger partial charge in [-0.15, -0.1) is 6.42 Å². The third kappa shape index (κ3) is 4.45. The molecule has 10 nitrogen and oxygen atoms in total. The van der Waals surface area contributed by atoms with Crippen molar-refractivity contribution in [3.63, 3.8) is 0 Å². The summed E-state index contributed by atoms with van der Waals surface area (Å²) in [5.74, 6) is 1.10. The number of nitro benzene ring substituents is 1. The molecule has 1 N–H and O–H groups in total. The van der Waals surface area contributed by atoms with E-state index in [0.29, 0.717) is 20.7 Å². The highest BCUT2D eigenvalue weighted by Gasteiger charge is 2.37. The summed E-state index contributed by atoms with van der Waals surface area (Å²) < 4.78 is 11.2. The summed E-state index contributed by atoms with van der Waals surface area (Å²) in [5.41, 5.74) is -0.352. The molecule has 0 radical (unpaired) electrons. The molecule has 4 amide bonds.